The van der Waals surface area contributed by atoms with Crippen LogP contribution >= 0.6 is 15.9 Å². The maximum atomic E-state index is 13.8. The number of carbonyl (C=O) groups is 1. The molecule has 1 aromatic rings. The molecule has 10 heteroatoms. The smallest absolute Gasteiger partial charge is 0.410 e. The normalized spacial score (nSPS) is 23.7. The maximum absolute atomic E-state index is 13.8. The van der Waals surface area contributed by atoms with Crippen molar-refractivity contribution in [1.29, 1.82) is 0 Å². The van der Waals surface area contributed by atoms with Gasteiger partial charge in [0.15, 0.2) is 5.82 Å². The van der Waals surface area contributed by atoms with Gasteiger partial charge in [-0.25, -0.2) is 13.6 Å². The number of halogens is 3. The Bertz CT molecular complexity index is 855. The summed E-state index contributed by atoms with van der Waals surface area (Å²) in [5.41, 5.74) is 0.745. The number of amides is 1. The monoisotopic (exact) mass is 517 g/mol. The lowest BCUT2D eigenvalue weighted by atomic mass is 9.61. The molecule has 1 aliphatic carbocycles. The summed E-state index contributed by atoms with van der Waals surface area (Å²) < 4.78 is 36.1. The fourth-order valence-corrected chi connectivity index (χ4v) is 5.57. The van der Waals surface area contributed by atoms with Crippen molar-refractivity contribution in [2.75, 3.05) is 44.2 Å². The molecule has 32 heavy (non-hydrogen) atoms. The Morgan fingerprint density at radius 3 is 2.59 bits per heavy atom. The third-order valence-electron chi connectivity index (χ3n) is 6.66. The largest absolute Gasteiger partial charge is 0.444 e. The lowest BCUT2D eigenvalue weighted by molar-refractivity contribution is -0.0930. The van der Waals surface area contributed by atoms with Crippen LogP contribution in [0.5, 0.6) is 0 Å². The molecule has 0 unspecified atom stereocenters. The van der Waals surface area contributed by atoms with E-state index in [4.69, 9.17) is 9.84 Å². The summed E-state index contributed by atoms with van der Waals surface area (Å²) in [5, 5.41) is 7.77. The molecule has 7 nitrogen and oxygen atoms in total. The summed E-state index contributed by atoms with van der Waals surface area (Å²) in [6.07, 6.45) is 2.04. The Hall–Kier alpha value is -1.42. The second kappa shape index (κ2) is 8.42. The Balaban J connectivity index is 1.37. The van der Waals surface area contributed by atoms with Crippen LogP contribution in [0.15, 0.2) is 4.47 Å². The summed E-state index contributed by atoms with van der Waals surface area (Å²) in [5.74, 6) is -1.82. The van der Waals surface area contributed by atoms with Crippen LogP contribution in [0.1, 0.15) is 58.2 Å². The zero-order chi connectivity index (χ0) is 23.3. The summed E-state index contributed by atoms with van der Waals surface area (Å²) in [7, 11) is 0. The molecular weight excluding hydrogens is 484 g/mol. The Morgan fingerprint density at radius 1 is 1.25 bits per heavy atom. The van der Waals surface area contributed by atoms with Gasteiger partial charge in [0, 0.05) is 44.6 Å². The van der Waals surface area contributed by atoms with Gasteiger partial charge < -0.3 is 19.9 Å². The van der Waals surface area contributed by atoms with E-state index in [1.807, 2.05) is 27.7 Å². The van der Waals surface area contributed by atoms with Crippen LogP contribution in [0.2, 0.25) is 0 Å². The van der Waals surface area contributed by atoms with Crippen molar-refractivity contribution in [3.05, 3.63) is 10.2 Å². The molecule has 1 aromatic heterocycles. The molecule has 3 aliphatic rings. The lowest BCUT2D eigenvalue weighted by Gasteiger charge is -2.58. The van der Waals surface area contributed by atoms with Crippen molar-refractivity contribution in [2.45, 2.75) is 70.9 Å². The van der Waals surface area contributed by atoms with Gasteiger partial charge in [-0.3, -0.25) is 4.68 Å². The van der Waals surface area contributed by atoms with E-state index in [0.717, 1.165) is 41.9 Å². The third-order valence-corrected chi connectivity index (χ3v) is 7.59. The Labute approximate surface area is 196 Å². The quantitative estimate of drug-likeness (QED) is 0.631. The van der Waals surface area contributed by atoms with Gasteiger partial charge in [-0.2, -0.15) is 5.10 Å². The standard InChI is InChI=1S/C22H34BrF2N5O2/c1-15-17(23)18(28-8-5-6-22(24,25)12-26-7-9-28)27-30(15)16-10-21(11-16)13-29(14-21)19(31)32-20(2,3)4/h16,26H,5-14H2,1-4H3. The summed E-state index contributed by atoms with van der Waals surface area (Å²) in [6, 6.07) is 0.292. The van der Waals surface area contributed by atoms with Crippen molar-refractivity contribution >= 4 is 27.8 Å². The van der Waals surface area contributed by atoms with Gasteiger partial charge in [0.05, 0.1) is 22.8 Å². The number of rotatable bonds is 2. The van der Waals surface area contributed by atoms with Gasteiger partial charge in [-0.1, -0.05) is 0 Å². The molecular formula is C22H34BrF2N5O2. The van der Waals surface area contributed by atoms with Crippen LogP contribution in [-0.4, -0.2) is 71.6 Å². The van der Waals surface area contributed by atoms with Crippen molar-refractivity contribution < 1.29 is 18.3 Å². The first-order chi connectivity index (χ1) is 14.9. The van der Waals surface area contributed by atoms with E-state index in [1.54, 1.807) is 4.90 Å². The number of hydrogen-bond donors (Lipinski definition) is 1. The van der Waals surface area contributed by atoms with E-state index in [9.17, 15) is 13.6 Å². The molecule has 0 atom stereocenters. The Morgan fingerprint density at radius 2 is 1.94 bits per heavy atom. The summed E-state index contributed by atoms with van der Waals surface area (Å²) >= 11 is 3.70. The molecule has 1 spiro atoms. The topological polar surface area (TPSA) is 62.6 Å². The summed E-state index contributed by atoms with van der Waals surface area (Å²) in [4.78, 5) is 16.1. The molecule has 180 valence electrons. The van der Waals surface area contributed by atoms with Crippen LogP contribution < -0.4 is 10.2 Å². The van der Waals surface area contributed by atoms with E-state index in [0.29, 0.717) is 32.1 Å². The first-order valence-electron chi connectivity index (χ1n) is 11.4. The minimum Gasteiger partial charge on any atom is -0.444 e. The van der Waals surface area contributed by atoms with Crippen LogP contribution in [0.3, 0.4) is 0 Å². The number of anilines is 1. The molecule has 3 heterocycles. The van der Waals surface area contributed by atoms with Crippen LogP contribution in [-0.2, 0) is 4.74 Å². The number of hydrogen-bond acceptors (Lipinski definition) is 5. The molecule has 1 amide bonds. The minimum atomic E-state index is -2.65. The minimum absolute atomic E-state index is 0.118. The molecule has 2 saturated heterocycles. The average Bonchev–Trinajstić information content (AvgIpc) is 2.92. The predicted octanol–water partition coefficient (Wildman–Crippen LogP) is 4.35. The number of likely N-dealkylation sites (tertiary alicyclic amines) is 1. The van der Waals surface area contributed by atoms with Gasteiger partial charge in [-0.15, -0.1) is 0 Å². The Kier molecular flexibility index (Phi) is 6.24. The predicted molar refractivity (Wildman–Crippen MR) is 122 cm³/mol. The van der Waals surface area contributed by atoms with Gasteiger partial charge in [-0.05, 0) is 62.9 Å². The maximum Gasteiger partial charge on any atom is 0.410 e. The van der Waals surface area contributed by atoms with E-state index >= 15 is 0 Å². The molecule has 1 N–H and O–H groups in total. The van der Waals surface area contributed by atoms with Crippen molar-refractivity contribution in [1.82, 2.24) is 20.0 Å². The second-order valence-electron chi connectivity index (χ2n) is 10.7. The summed E-state index contributed by atoms with van der Waals surface area (Å²) in [6.45, 7) is 10.6. The first-order valence-corrected chi connectivity index (χ1v) is 12.2. The highest BCUT2D eigenvalue weighted by Gasteiger charge is 2.55. The molecule has 2 aliphatic heterocycles. The number of carbonyl (C=O) groups excluding carboxylic acids is 1. The zero-order valence-electron chi connectivity index (χ0n) is 19.4. The van der Waals surface area contributed by atoms with E-state index < -0.39 is 11.5 Å². The average molecular weight is 518 g/mol. The SMILES string of the molecule is Cc1c(Br)c(N2CCCC(F)(F)CNCC2)nn1C1CC2(C1)CN(C(=O)OC(C)(C)C)C2. The van der Waals surface area contributed by atoms with Crippen molar-refractivity contribution in [2.24, 2.45) is 5.41 Å². The molecule has 1 saturated carbocycles. The number of aromatic nitrogens is 2. The highest BCUT2D eigenvalue weighted by molar-refractivity contribution is 9.10. The van der Waals surface area contributed by atoms with Crippen LogP contribution in [0, 0.1) is 12.3 Å². The molecule has 0 radical (unpaired) electrons. The molecule has 4 rings (SSSR count). The number of nitrogens with one attached hydrogen (secondary N) is 1. The number of alkyl halides is 2. The van der Waals surface area contributed by atoms with E-state index in [2.05, 4.69) is 30.8 Å². The zero-order valence-corrected chi connectivity index (χ0v) is 21.0. The van der Waals surface area contributed by atoms with Gasteiger partial charge in [0.25, 0.3) is 5.92 Å². The second-order valence-corrected chi connectivity index (χ2v) is 11.5. The number of nitrogens with zero attached hydrogens (tertiary/aromatic N) is 4. The fourth-order valence-electron chi connectivity index (χ4n) is 5.06. The van der Waals surface area contributed by atoms with Crippen LogP contribution in [0.25, 0.3) is 0 Å². The van der Waals surface area contributed by atoms with Gasteiger partial charge in [0.1, 0.15) is 5.60 Å². The van der Waals surface area contributed by atoms with Crippen molar-refractivity contribution in [3.8, 4) is 0 Å². The highest BCUT2D eigenvalue weighted by Crippen LogP contribution is 2.55. The molecule has 0 aromatic carbocycles. The first kappa shape index (κ1) is 23.7. The molecule has 3 fully saturated rings. The van der Waals surface area contributed by atoms with Gasteiger partial charge in [0.2, 0.25) is 0 Å². The highest BCUT2D eigenvalue weighted by atomic mass is 79.9. The fraction of sp³-hybridized carbons (Fsp3) is 0.818. The lowest BCUT2D eigenvalue weighted by Crippen LogP contribution is -2.64. The third kappa shape index (κ3) is 4.90. The van der Waals surface area contributed by atoms with Crippen LogP contribution in [0.4, 0.5) is 19.4 Å². The van der Waals surface area contributed by atoms with Crippen molar-refractivity contribution in [3.63, 3.8) is 0 Å². The molecule has 0 bridgehead atoms. The van der Waals surface area contributed by atoms with E-state index in [1.165, 1.54) is 0 Å². The van der Waals surface area contributed by atoms with E-state index in [-0.39, 0.29) is 24.5 Å². The number of ether oxygens (including phenoxy) is 1. The van der Waals surface area contributed by atoms with Gasteiger partial charge >= 0.3 is 6.09 Å².